The number of guanidine groups is 1. The first-order chi connectivity index (χ1) is 12.3. The summed E-state index contributed by atoms with van der Waals surface area (Å²) in [5.74, 6) is 1.87. The van der Waals surface area contributed by atoms with Gasteiger partial charge in [0.25, 0.3) is 0 Å². The molecule has 1 fully saturated rings. The predicted molar refractivity (Wildman–Crippen MR) is 100 cm³/mol. The van der Waals surface area contributed by atoms with Crippen molar-refractivity contribution in [1.82, 2.24) is 15.5 Å². The van der Waals surface area contributed by atoms with Crippen LogP contribution in [0.4, 0.5) is 0 Å². The van der Waals surface area contributed by atoms with Crippen LogP contribution >= 0.6 is 0 Å². The van der Waals surface area contributed by atoms with E-state index in [0.717, 1.165) is 70.5 Å². The van der Waals surface area contributed by atoms with Crippen LogP contribution in [0.3, 0.4) is 0 Å². The van der Waals surface area contributed by atoms with E-state index in [2.05, 4.69) is 32.7 Å². The normalized spacial score (nSPS) is 20.8. The average Bonchev–Trinajstić information content (AvgIpc) is 3.08. The summed E-state index contributed by atoms with van der Waals surface area (Å²) in [5, 5.41) is 6.77. The number of unbranched alkanes of at least 4 members (excludes halogenated alkanes) is 1. The van der Waals surface area contributed by atoms with Crippen LogP contribution in [-0.2, 0) is 11.2 Å². The molecule has 0 bridgehead atoms. The third kappa shape index (κ3) is 5.61. The van der Waals surface area contributed by atoms with Crippen molar-refractivity contribution in [3.63, 3.8) is 0 Å². The largest absolute Gasteiger partial charge is 0.488 e. The number of nitrogens with one attached hydrogen (secondary N) is 2. The molecular weight excluding hydrogens is 316 g/mol. The maximum Gasteiger partial charge on any atom is 0.191 e. The van der Waals surface area contributed by atoms with Crippen molar-refractivity contribution in [2.24, 2.45) is 4.99 Å². The lowest BCUT2D eigenvalue weighted by atomic mass is 10.1. The van der Waals surface area contributed by atoms with E-state index in [1.807, 2.05) is 19.2 Å². The van der Waals surface area contributed by atoms with Gasteiger partial charge in [0, 0.05) is 33.1 Å². The highest BCUT2D eigenvalue weighted by molar-refractivity contribution is 5.79. The molecule has 6 nitrogen and oxygen atoms in total. The number of ether oxygens (including phenoxy) is 2. The monoisotopic (exact) mass is 346 g/mol. The fraction of sp³-hybridized carbons (Fsp3) is 0.632. The van der Waals surface area contributed by atoms with E-state index in [1.165, 1.54) is 12.0 Å². The molecule has 1 aromatic rings. The Morgan fingerprint density at radius 1 is 1.20 bits per heavy atom. The van der Waals surface area contributed by atoms with Crippen LogP contribution in [0.15, 0.2) is 29.3 Å². The van der Waals surface area contributed by atoms with E-state index < -0.39 is 0 Å². The Labute approximate surface area is 150 Å². The van der Waals surface area contributed by atoms with Crippen molar-refractivity contribution in [2.45, 2.75) is 25.4 Å². The molecule has 0 saturated carbocycles. The van der Waals surface area contributed by atoms with Gasteiger partial charge in [0.15, 0.2) is 5.96 Å². The van der Waals surface area contributed by atoms with Crippen molar-refractivity contribution in [3.8, 4) is 5.75 Å². The molecule has 2 N–H and O–H groups in total. The number of morpholine rings is 1. The summed E-state index contributed by atoms with van der Waals surface area (Å²) >= 11 is 0. The van der Waals surface area contributed by atoms with Gasteiger partial charge in [0.05, 0.1) is 19.8 Å². The van der Waals surface area contributed by atoms with Gasteiger partial charge in [-0.3, -0.25) is 9.89 Å². The number of benzene rings is 1. The third-order valence-electron chi connectivity index (χ3n) is 4.73. The second kappa shape index (κ2) is 9.63. The molecule has 1 atom stereocenters. The minimum atomic E-state index is 0.178. The summed E-state index contributed by atoms with van der Waals surface area (Å²) in [6, 6.07) is 8.26. The molecule has 0 aromatic heterocycles. The van der Waals surface area contributed by atoms with Gasteiger partial charge in [-0.25, -0.2) is 0 Å². The van der Waals surface area contributed by atoms with E-state index in [9.17, 15) is 0 Å². The summed E-state index contributed by atoms with van der Waals surface area (Å²) < 4.78 is 11.3. The van der Waals surface area contributed by atoms with E-state index >= 15 is 0 Å². The Morgan fingerprint density at radius 2 is 2.04 bits per heavy atom. The van der Waals surface area contributed by atoms with Crippen LogP contribution in [-0.4, -0.2) is 69.9 Å². The number of nitrogens with zero attached hydrogens (tertiary/aromatic N) is 2. The zero-order valence-corrected chi connectivity index (χ0v) is 15.2. The molecule has 2 heterocycles. The van der Waals surface area contributed by atoms with Gasteiger partial charge in [0.1, 0.15) is 11.9 Å². The Balaban J connectivity index is 1.27. The highest BCUT2D eigenvalue weighted by atomic mass is 16.5. The number of fused-ring (bicyclic) bond motifs is 1. The van der Waals surface area contributed by atoms with Gasteiger partial charge in [-0.2, -0.15) is 0 Å². The molecule has 0 spiro atoms. The molecule has 25 heavy (non-hydrogen) atoms. The Kier molecular flexibility index (Phi) is 6.94. The van der Waals surface area contributed by atoms with Crippen molar-refractivity contribution < 1.29 is 9.47 Å². The molecule has 0 aliphatic carbocycles. The van der Waals surface area contributed by atoms with E-state index in [-0.39, 0.29) is 6.10 Å². The summed E-state index contributed by atoms with van der Waals surface area (Å²) in [5.41, 5.74) is 1.29. The number of aliphatic imine (C=N–C) groups is 1. The van der Waals surface area contributed by atoms with Gasteiger partial charge in [-0.1, -0.05) is 18.2 Å². The molecular formula is C19H30N4O2. The molecule has 2 aliphatic rings. The molecule has 1 saturated heterocycles. The summed E-state index contributed by atoms with van der Waals surface area (Å²) in [4.78, 5) is 6.78. The number of rotatable bonds is 7. The summed E-state index contributed by atoms with van der Waals surface area (Å²) in [6.45, 7) is 6.76. The van der Waals surface area contributed by atoms with Gasteiger partial charge in [-0.05, 0) is 31.0 Å². The lowest BCUT2D eigenvalue weighted by molar-refractivity contribution is 0.0372. The Hall–Kier alpha value is -1.79. The minimum absolute atomic E-state index is 0.178. The first-order valence-electron chi connectivity index (χ1n) is 9.34. The first-order valence-corrected chi connectivity index (χ1v) is 9.34. The van der Waals surface area contributed by atoms with Gasteiger partial charge >= 0.3 is 0 Å². The highest BCUT2D eigenvalue weighted by Gasteiger charge is 2.22. The maximum atomic E-state index is 5.95. The van der Waals surface area contributed by atoms with Crippen LogP contribution in [0.2, 0.25) is 0 Å². The fourth-order valence-electron chi connectivity index (χ4n) is 3.29. The average molecular weight is 346 g/mol. The SMILES string of the molecule is CN=C(NCCCCN1CCOCC1)NCC1Cc2ccccc2O1. The third-order valence-corrected chi connectivity index (χ3v) is 4.73. The maximum absolute atomic E-state index is 5.95. The standard InChI is InChI=1S/C19H30N4O2/c1-20-19(21-8-4-5-9-23-10-12-24-13-11-23)22-15-17-14-16-6-2-3-7-18(16)25-17/h2-3,6-7,17H,4-5,8-15H2,1H3,(H2,20,21,22). The van der Waals surface area contributed by atoms with Gasteiger partial charge < -0.3 is 20.1 Å². The number of hydrogen-bond acceptors (Lipinski definition) is 4. The van der Waals surface area contributed by atoms with E-state index in [0.29, 0.717) is 0 Å². The Morgan fingerprint density at radius 3 is 2.84 bits per heavy atom. The lowest BCUT2D eigenvalue weighted by Gasteiger charge is -2.26. The van der Waals surface area contributed by atoms with Crippen LogP contribution < -0.4 is 15.4 Å². The van der Waals surface area contributed by atoms with Crippen molar-refractivity contribution in [2.75, 3.05) is 53.0 Å². The minimum Gasteiger partial charge on any atom is -0.488 e. The zero-order chi connectivity index (χ0) is 17.3. The molecule has 3 rings (SSSR count). The van der Waals surface area contributed by atoms with Crippen molar-refractivity contribution in [3.05, 3.63) is 29.8 Å². The second-order valence-corrected chi connectivity index (χ2v) is 6.59. The van der Waals surface area contributed by atoms with Gasteiger partial charge in [0.2, 0.25) is 0 Å². The molecule has 138 valence electrons. The highest BCUT2D eigenvalue weighted by Crippen LogP contribution is 2.27. The molecule has 0 radical (unpaired) electrons. The lowest BCUT2D eigenvalue weighted by Crippen LogP contribution is -2.42. The first kappa shape index (κ1) is 18.0. The van der Waals surface area contributed by atoms with E-state index in [4.69, 9.17) is 9.47 Å². The topological polar surface area (TPSA) is 58.1 Å². The smallest absolute Gasteiger partial charge is 0.191 e. The summed E-state index contributed by atoms with van der Waals surface area (Å²) in [6.07, 6.45) is 3.48. The molecule has 2 aliphatic heterocycles. The number of hydrogen-bond donors (Lipinski definition) is 2. The van der Waals surface area contributed by atoms with Crippen molar-refractivity contribution in [1.29, 1.82) is 0 Å². The summed E-state index contributed by atoms with van der Waals surface area (Å²) in [7, 11) is 1.81. The van der Waals surface area contributed by atoms with Crippen LogP contribution in [0.5, 0.6) is 5.75 Å². The predicted octanol–water partition coefficient (Wildman–Crippen LogP) is 1.27. The quantitative estimate of drug-likeness (QED) is 0.442. The molecule has 6 heteroatoms. The van der Waals surface area contributed by atoms with Crippen LogP contribution in [0.1, 0.15) is 18.4 Å². The van der Waals surface area contributed by atoms with Crippen molar-refractivity contribution >= 4 is 5.96 Å². The van der Waals surface area contributed by atoms with Gasteiger partial charge in [-0.15, -0.1) is 0 Å². The zero-order valence-electron chi connectivity index (χ0n) is 15.2. The van der Waals surface area contributed by atoms with Crippen LogP contribution in [0, 0.1) is 0 Å². The van der Waals surface area contributed by atoms with Crippen LogP contribution in [0.25, 0.3) is 0 Å². The molecule has 1 aromatic carbocycles. The Bertz CT molecular complexity index is 533. The molecule has 0 amide bonds. The molecule has 1 unspecified atom stereocenters. The fourth-order valence-corrected chi connectivity index (χ4v) is 3.29. The van der Waals surface area contributed by atoms with E-state index in [1.54, 1.807) is 0 Å². The number of para-hydroxylation sites is 1. The second-order valence-electron chi connectivity index (χ2n) is 6.59.